The molecule has 0 bridgehead atoms. The lowest BCUT2D eigenvalue weighted by atomic mass is 10.1. The lowest BCUT2D eigenvalue weighted by Gasteiger charge is -2.08. The van der Waals surface area contributed by atoms with Gasteiger partial charge in [0, 0.05) is 12.1 Å². The number of hydrogen-bond donors (Lipinski definition) is 1. The van der Waals surface area contributed by atoms with E-state index in [4.69, 9.17) is 5.73 Å². The summed E-state index contributed by atoms with van der Waals surface area (Å²) in [6.45, 7) is 0. The Kier molecular flexibility index (Phi) is 3.24. The van der Waals surface area contributed by atoms with Gasteiger partial charge in [-0.15, -0.1) is 0 Å². The minimum absolute atomic E-state index is 0.394. The molecule has 111 valence electrons. The van der Waals surface area contributed by atoms with Gasteiger partial charge in [-0.3, -0.25) is 4.57 Å². The van der Waals surface area contributed by atoms with Gasteiger partial charge in [-0.25, -0.2) is 15.0 Å². The summed E-state index contributed by atoms with van der Waals surface area (Å²) < 4.78 is 2.02. The van der Waals surface area contributed by atoms with E-state index in [1.54, 1.807) is 0 Å². The third-order valence-electron chi connectivity index (χ3n) is 3.71. The van der Waals surface area contributed by atoms with Crippen molar-refractivity contribution in [1.82, 2.24) is 19.5 Å². The van der Waals surface area contributed by atoms with Crippen molar-refractivity contribution < 1.29 is 0 Å². The molecule has 23 heavy (non-hydrogen) atoms. The van der Waals surface area contributed by atoms with E-state index in [-0.39, 0.29) is 0 Å². The highest BCUT2D eigenvalue weighted by molar-refractivity contribution is 5.83. The maximum absolute atomic E-state index is 5.98. The molecule has 0 spiro atoms. The molecule has 2 aromatic heterocycles. The standard InChI is InChI=1S/C18H14N5/c19-17-16-18(21-12-20-17)23(14-9-5-2-6-10-14)15(22-16)11-13-7-3-1-4-8-13/h1,3-10,12H,11H2,(H2,19,20,21). The molecule has 0 fully saturated rings. The van der Waals surface area contributed by atoms with Gasteiger partial charge in [0.25, 0.3) is 0 Å². The minimum atomic E-state index is 0.394. The van der Waals surface area contributed by atoms with Crippen LogP contribution in [-0.2, 0) is 6.42 Å². The molecule has 0 aliphatic heterocycles. The van der Waals surface area contributed by atoms with Crippen molar-refractivity contribution in [2.24, 2.45) is 0 Å². The first-order valence-corrected chi connectivity index (χ1v) is 7.31. The molecule has 0 unspecified atom stereocenters. The Labute approximate surface area is 133 Å². The summed E-state index contributed by atoms with van der Waals surface area (Å²) >= 11 is 0. The third kappa shape index (κ3) is 2.42. The molecule has 0 saturated heterocycles. The van der Waals surface area contributed by atoms with Gasteiger partial charge in [-0.05, 0) is 23.8 Å². The molecule has 1 radical (unpaired) electrons. The predicted molar refractivity (Wildman–Crippen MR) is 89.2 cm³/mol. The SMILES string of the molecule is Nc1ncnc2c1nc(Cc1ccccc1)n2-c1cc[c]cc1. The van der Waals surface area contributed by atoms with Gasteiger partial charge >= 0.3 is 0 Å². The van der Waals surface area contributed by atoms with Crippen LogP contribution < -0.4 is 5.73 Å². The average molecular weight is 300 g/mol. The van der Waals surface area contributed by atoms with Gasteiger partial charge in [-0.2, -0.15) is 0 Å². The molecule has 5 nitrogen and oxygen atoms in total. The number of imidazole rings is 1. The second-order valence-electron chi connectivity index (χ2n) is 5.22. The summed E-state index contributed by atoms with van der Waals surface area (Å²) in [6.07, 6.45) is 2.16. The molecule has 2 heterocycles. The second kappa shape index (κ2) is 5.53. The highest BCUT2D eigenvalue weighted by Crippen LogP contribution is 2.23. The lowest BCUT2D eigenvalue weighted by molar-refractivity contribution is 0.924. The topological polar surface area (TPSA) is 69.6 Å². The van der Waals surface area contributed by atoms with Crippen molar-refractivity contribution in [2.75, 3.05) is 5.73 Å². The number of hydrogen-bond acceptors (Lipinski definition) is 4. The van der Waals surface area contributed by atoms with E-state index in [0.717, 1.165) is 17.2 Å². The van der Waals surface area contributed by atoms with Crippen LogP contribution in [-0.4, -0.2) is 19.5 Å². The van der Waals surface area contributed by atoms with Crippen molar-refractivity contribution in [3.8, 4) is 5.69 Å². The Hall–Kier alpha value is -3.21. The van der Waals surface area contributed by atoms with Crippen LogP contribution in [0, 0.1) is 6.07 Å². The molecular formula is C18H14N5. The number of benzene rings is 2. The van der Waals surface area contributed by atoms with Crippen LogP contribution in [0.3, 0.4) is 0 Å². The molecule has 0 saturated carbocycles. The molecule has 5 heteroatoms. The normalized spacial score (nSPS) is 11.0. The highest BCUT2D eigenvalue weighted by Gasteiger charge is 2.16. The molecule has 2 N–H and O–H groups in total. The van der Waals surface area contributed by atoms with Crippen LogP contribution in [0.15, 0.2) is 60.9 Å². The average Bonchev–Trinajstić information content (AvgIpc) is 2.96. The summed E-state index contributed by atoms with van der Waals surface area (Å²) in [7, 11) is 0. The van der Waals surface area contributed by atoms with Crippen LogP contribution in [0.2, 0.25) is 0 Å². The monoisotopic (exact) mass is 300 g/mol. The second-order valence-corrected chi connectivity index (χ2v) is 5.22. The Balaban J connectivity index is 1.94. The summed E-state index contributed by atoms with van der Waals surface area (Å²) in [5, 5.41) is 0. The third-order valence-corrected chi connectivity index (χ3v) is 3.71. The Morgan fingerprint density at radius 2 is 1.78 bits per heavy atom. The molecule has 2 aromatic carbocycles. The fourth-order valence-electron chi connectivity index (χ4n) is 2.65. The summed E-state index contributed by atoms with van der Waals surface area (Å²) in [5.74, 6) is 1.27. The first kappa shape index (κ1) is 13.5. The number of anilines is 1. The van der Waals surface area contributed by atoms with Crippen molar-refractivity contribution in [3.05, 3.63) is 78.4 Å². The van der Waals surface area contributed by atoms with E-state index in [9.17, 15) is 0 Å². The largest absolute Gasteiger partial charge is 0.382 e. The van der Waals surface area contributed by atoms with Gasteiger partial charge in [0.2, 0.25) is 0 Å². The minimum Gasteiger partial charge on any atom is -0.382 e. The van der Waals surface area contributed by atoms with E-state index in [1.807, 2.05) is 47.0 Å². The predicted octanol–water partition coefficient (Wildman–Crippen LogP) is 2.79. The van der Waals surface area contributed by atoms with Crippen molar-refractivity contribution >= 4 is 17.0 Å². The van der Waals surface area contributed by atoms with Crippen molar-refractivity contribution in [1.29, 1.82) is 0 Å². The van der Waals surface area contributed by atoms with E-state index in [0.29, 0.717) is 17.8 Å². The number of nitrogen functional groups attached to an aromatic ring is 1. The number of nitrogens with zero attached hydrogens (tertiary/aromatic N) is 4. The summed E-state index contributed by atoms with van der Waals surface area (Å²) in [5.41, 5.74) is 9.49. The van der Waals surface area contributed by atoms with E-state index in [1.165, 1.54) is 11.9 Å². The van der Waals surface area contributed by atoms with Gasteiger partial charge in [0.1, 0.15) is 12.2 Å². The molecule has 0 amide bonds. The fourth-order valence-corrected chi connectivity index (χ4v) is 2.65. The zero-order valence-corrected chi connectivity index (χ0v) is 12.3. The van der Waals surface area contributed by atoms with Crippen LogP contribution >= 0.6 is 0 Å². The van der Waals surface area contributed by atoms with Gasteiger partial charge < -0.3 is 5.73 Å². The van der Waals surface area contributed by atoms with E-state index >= 15 is 0 Å². The molecule has 0 aliphatic carbocycles. The number of fused-ring (bicyclic) bond motifs is 1. The molecule has 0 atom stereocenters. The smallest absolute Gasteiger partial charge is 0.170 e. The maximum Gasteiger partial charge on any atom is 0.170 e. The van der Waals surface area contributed by atoms with Gasteiger partial charge in [0.05, 0.1) is 0 Å². The van der Waals surface area contributed by atoms with Crippen LogP contribution in [0.5, 0.6) is 0 Å². The van der Waals surface area contributed by atoms with Crippen LogP contribution in [0.25, 0.3) is 16.9 Å². The fraction of sp³-hybridized carbons (Fsp3) is 0.0556. The quantitative estimate of drug-likeness (QED) is 0.631. The maximum atomic E-state index is 5.98. The zero-order valence-electron chi connectivity index (χ0n) is 12.3. The van der Waals surface area contributed by atoms with E-state index < -0.39 is 0 Å². The van der Waals surface area contributed by atoms with Crippen molar-refractivity contribution in [3.63, 3.8) is 0 Å². The number of rotatable bonds is 3. The number of nitrogens with two attached hydrogens (primary N) is 1. The summed E-state index contributed by atoms with van der Waals surface area (Å²) in [6, 6.07) is 20.9. The Morgan fingerprint density at radius 1 is 1.00 bits per heavy atom. The summed E-state index contributed by atoms with van der Waals surface area (Å²) in [4.78, 5) is 13.1. The zero-order chi connectivity index (χ0) is 15.6. The van der Waals surface area contributed by atoms with Gasteiger partial charge in [-0.1, -0.05) is 42.5 Å². The van der Waals surface area contributed by atoms with Crippen LogP contribution in [0.4, 0.5) is 5.82 Å². The molecule has 4 rings (SSSR count). The Morgan fingerprint density at radius 3 is 2.57 bits per heavy atom. The highest BCUT2D eigenvalue weighted by atomic mass is 15.2. The molecular weight excluding hydrogens is 286 g/mol. The van der Waals surface area contributed by atoms with Crippen LogP contribution in [0.1, 0.15) is 11.4 Å². The number of aromatic nitrogens is 4. The lowest BCUT2D eigenvalue weighted by Crippen LogP contribution is -2.03. The first-order valence-electron chi connectivity index (χ1n) is 7.31. The Bertz CT molecular complexity index is 945. The van der Waals surface area contributed by atoms with Gasteiger partial charge in [0.15, 0.2) is 17.0 Å². The molecule has 0 aliphatic rings. The molecule has 4 aromatic rings. The van der Waals surface area contributed by atoms with E-state index in [2.05, 4.69) is 33.2 Å². The first-order chi connectivity index (χ1) is 11.3. The van der Waals surface area contributed by atoms with Crippen molar-refractivity contribution in [2.45, 2.75) is 6.42 Å².